The van der Waals surface area contributed by atoms with Crippen molar-refractivity contribution >= 4 is 23.6 Å². The fraction of sp³-hybridized carbons (Fsp3) is 0.238. The van der Waals surface area contributed by atoms with Gasteiger partial charge in [0.15, 0.2) is 11.5 Å². The van der Waals surface area contributed by atoms with Crippen molar-refractivity contribution in [2.45, 2.75) is 20.8 Å². The van der Waals surface area contributed by atoms with Crippen molar-refractivity contribution in [3.05, 3.63) is 58.8 Å². The Morgan fingerprint density at radius 2 is 1.70 bits per heavy atom. The highest BCUT2D eigenvalue weighted by molar-refractivity contribution is 6.08. The number of anilines is 1. The molecule has 0 aliphatic carbocycles. The fourth-order valence-corrected chi connectivity index (χ4v) is 2.53. The minimum atomic E-state index is -0.409. The van der Waals surface area contributed by atoms with Crippen LogP contribution in [0.4, 0.5) is 5.69 Å². The third-order valence-corrected chi connectivity index (χ3v) is 4.13. The van der Waals surface area contributed by atoms with Gasteiger partial charge >= 0.3 is 0 Å². The Labute approximate surface area is 159 Å². The molecular formula is C21H24N2O4. The maximum Gasteiger partial charge on any atom is 0.272 e. The highest BCUT2D eigenvalue weighted by Crippen LogP contribution is 2.28. The van der Waals surface area contributed by atoms with Gasteiger partial charge < -0.3 is 20.1 Å². The van der Waals surface area contributed by atoms with Gasteiger partial charge in [0, 0.05) is 12.6 Å². The van der Waals surface area contributed by atoms with E-state index in [0.717, 1.165) is 11.1 Å². The molecule has 0 aliphatic heterocycles. The number of carbonyl (C=O) groups is 2. The number of nitrogens with one attached hydrogen (secondary N) is 2. The number of hydrogen-bond acceptors (Lipinski definition) is 4. The molecule has 0 radical (unpaired) electrons. The van der Waals surface area contributed by atoms with Gasteiger partial charge in [-0.2, -0.15) is 0 Å². The average molecular weight is 368 g/mol. The van der Waals surface area contributed by atoms with Gasteiger partial charge in [0.1, 0.15) is 5.70 Å². The molecule has 0 aliphatic rings. The molecule has 0 saturated carbocycles. The lowest BCUT2D eigenvalue weighted by molar-refractivity contribution is -0.120. The van der Waals surface area contributed by atoms with Crippen molar-refractivity contribution < 1.29 is 19.1 Å². The summed E-state index contributed by atoms with van der Waals surface area (Å²) in [6, 6.07) is 10.9. The Hall–Kier alpha value is -3.28. The molecule has 0 aromatic heterocycles. The van der Waals surface area contributed by atoms with Gasteiger partial charge in [-0.3, -0.25) is 9.59 Å². The molecular weight excluding hydrogens is 344 g/mol. The van der Waals surface area contributed by atoms with E-state index in [1.54, 1.807) is 31.4 Å². The fourth-order valence-electron chi connectivity index (χ4n) is 2.53. The lowest BCUT2D eigenvalue weighted by Crippen LogP contribution is -2.29. The van der Waals surface area contributed by atoms with Gasteiger partial charge in [0.05, 0.1) is 14.2 Å². The summed E-state index contributed by atoms with van der Waals surface area (Å²) in [7, 11) is 3.08. The Kier molecular flexibility index (Phi) is 6.60. The van der Waals surface area contributed by atoms with Gasteiger partial charge in [-0.15, -0.1) is 0 Å². The number of aryl methyl sites for hydroxylation is 1. The predicted octanol–water partition coefficient (Wildman–Crippen LogP) is 3.44. The second kappa shape index (κ2) is 8.89. The smallest absolute Gasteiger partial charge is 0.272 e. The molecule has 2 N–H and O–H groups in total. The highest BCUT2D eigenvalue weighted by Gasteiger charge is 2.14. The maximum absolute atomic E-state index is 12.7. The van der Waals surface area contributed by atoms with Crippen LogP contribution in [0.2, 0.25) is 0 Å². The Morgan fingerprint density at radius 1 is 1.00 bits per heavy atom. The van der Waals surface area contributed by atoms with Crippen LogP contribution < -0.4 is 20.1 Å². The molecule has 2 aromatic rings. The van der Waals surface area contributed by atoms with Crippen LogP contribution >= 0.6 is 0 Å². The number of benzene rings is 2. The van der Waals surface area contributed by atoms with E-state index in [4.69, 9.17) is 9.47 Å². The molecule has 2 rings (SSSR count). The summed E-state index contributed by atoms with van der Waals surface area (Å²) in [5, 5.41) is 5.44. The zero-order chi connectivity index (χ0) is 20.0. The van der Waals surface area contributed by atoms with Crippen molar-refractivity contribution in [2.75, 3.05) is 19.5 Å². The maximum atomic E-state index is 12.7. The monoisotopic (exact) mass is 368 g/mol. The van der Waals surface area contributed by atoms with E-state index in [1.807, 2.05) is 32.0 Å². The summed E-state index contributed by atoms with van der Waals surface area (Å²) in [6.45, 7) is 5.26. The summed E-state index contributed by atoms with van der Waals surface area (Å²) in [6.07, 6.45) is 1.59. The molecule has 0 spiro atoms. The van der Waals surface area contributed by atoms with Crippen molar-refractivity contribution in [1.29, 1.82) is 0 Å². The molecule has 6 heteroatoms. The first-order valence-corrected chi connectivity index (χ1v) is 8.44. The topological polar surface area (TPSA) is 76.7 Å². The molecule has 0 bridgehead atoms. The Bertz CT molecular complexity index is 888. The van der Waals surface area contributed by atoms with E-state index in [9.17, 15) is 9.59 Å². The van der Waals surface area contributed by atoms with Gasteiger partial charge in [0.25, 0.3) is 5.91 Å². The second-order valence-corrected chi connectivity index (χ2v) is 6.06. The molecule has 0 heterocycles. The van der Waals surface area contributed by atoms with Crippen LogP contribution in [0.5, 0.6) is 11.5 Å². The summed E-state index contributed by atoms with van der Waals surface area (Å²) < 4.78 is 10.5. The summed E-state index contributed by atoms with van der Waals surface area (Å²) >= 11 is 0. The average Bonchev–Trinajstić information content (AvgIpc) is 2.64. The van der Waals surface area contributed by atoms with E-state index < -0.39 is 5.91 Å². The van der Waals surface area contributed by atoms with Gasteiger partial charge in [-0.1, -0.05) is 18.2 Å². The number of rotatable bonds is 6. The normalized spacial score (nSPS) is 10.9. The molecule has 0 fully saturated rings. The number of amides is 2. The predicted molar refractivity (Wildman–Crippen MR) is 106 cm³/mol. The molecule has 0 atom stereocenters. The number of ether oxygens (including phenoxy) is 2. The molecule has 6 nitrogen and oxygen atoms in total. The van der Waals surface area contributed by atoms with Crippen LogP contribution in [0, 0.1) is 13.8 Å². The molecule has 27 heavy (non-hydrogen) atoms. The minimum Gasteiger partial charge on any atom is -0.493 e. The quantitative estimate of drug-likeness (QED) is 0.766. The van der Waals surface area contributed by atoms with Crippen LogP contribution in [0.3, 0.4) is 0 Å². The van der Waals surface area contributed by atoms with Gasteiger partial charge in [-0.25, -0.2) is 0 Å². The van der Waals surface area contributed by atoms with Crippen LogP contribution in [0.1, 0.15) is 23.6 Å². The van der Waals surface area contributed by atoms with Crippen LogP contribution in [-0.2, 0) is 9.59 Å². The summed E-state index contributed by atoms with van der Waals surface area (Å²) in [4.78, 5) is 24.3. The Morgan fingerprint density at radius 3 is 2.33 bits per heavy atom. The highest BCUT2D eigenvalue weighted by atomic mass is 16.5. The van der Waals surface area contributed by atoms with Crippen molar-refractivity contribution in [1.82, 2.24) is 5.32 Å². The zero-order valence-corrected chi connectivity index (χ0v) is 16.2. The van der Waals surface area contributed by atoms with Crippen LogP contribution in [-0.4, -0.2) is 26.0 Å². The van der Waals surface area contributed by atoms with E-state index in [-0.39, 0.29) is 11.6 Å². The van der Waals surface area contributed by atoms with Crippen LogP contribution in [0.15, 0.2) is 42.1 Å². The third kappa shape index (κ3) is 5.10. The first-order valence-electron chi connectivity index (χ1n) is 8.44. The molecule has 142 valence electrons. The van der Waals surface area contributed by atoms with E-state index in [2.05, 4.69) is 10.6 Å². The molecule has 2 aromatic carbocycles. The van der Waals surface area contributed by atoms with Crippen molar-refractivity contribution in [2.24, 2.45) is 0 Å². The first kappa shape index (κ1) is 20.0. The van der Waals surface area contributed by atoms with E-state index in [0.29, 0.717) is 22.7 Å². The largest absolute Gasteiger partial charge is 0.493 e. The van der Waals surface area contributed by atoms with Crippen molar-refractivity contribution in [3.63, 3.8) is 0 Å². The SMILES string of the molecule is COc1ccc(/C=C(\NC(C)=O)C(=O)Nc2cccc(C)c2C)cc1OC. The summed E-state index contributed by atoms with van der Waals surface area (Å²) in [5.41, 5.74) is 3.56. The molecule has 2 amide bonds. The number of carbonyl (C=O) groups excluding carboxylic acids is 2. The minimum absolute atomic E-state index is 0.135. The van der Waals surface area contributed by atoms with Gasteiger partial charge in [0.2, 0.25) is 5.91 Å². The van der Waals surface area contributed by atoms with Crippen LogP contribution in [0.25, 0.3) is 6.08 Å². The second-order valence-electron chi connectivity index (χ2n) is 6.06. The number of methoxy groups -OCH3 is 2. The lowest BCUT2D eigenvalue weighted by Gasteiger charge is -2.13. The molecule has 0 saturated heterocycles. The van der Waals surface area contributed by atoms with E-state index >= 15 is 0 Å². The Balaban J connectivity index is 2.36. The standard InChI is InChI=1S/C21H24N2O4/c1-13-7-6-8-17(14(13)2)23-21(25)18(22-15(3)24)11-16-9-10-19(26-4)20(12-16)27-5/h6-12H,1-5H3,(H,22,24)(H,23,25)/b18-11-. The van der Waals surface area contributed by atoms with Gasteiger partial charge in [-0.05, 0) is 54.8 Å². The zero-order valence-electron chi connectivity index (χ0n) is 16.2. The summed E-state index contributed by atoms with van der Waals surface area (Å²) in [5.74, 6) is 0.366. The molecule has 0 unspecified atom stereocenters. The van der Waals surface area contributed by atoms with Crippen molar-refractivity contribution in [3.8, 4) is 11.5 Å². The van der Waals surface area contributed by atoms with E-state index in [1.165, 1.54) is 14.0 Å². The first-order chi connectivity index (χ1) is 12.8. The number of hydrogen-bond donors (Lipinski definition) is 2. The third-order valence-electron chi connectivity index (χ3n) is 4.13. The lowest BCUT2D eigenvalue weighted by atomic mass is 10.1.